The second-order valence-electron chi connectivity index (χ2n) is 2.62. The number of ether oxygens (including phenoxy) is 1. The van der Waals surface area contributed by atoms with Crippen LogP contribution in [0.15, 0.2) is 0 Å². The first-order valence-electron chi connectivity index (χ1n) is 3.71. The van der Waals surface area contributed by atoms with Gasteiger partial charge in [0, 0.05) is 12.6 Å². The summed E-state index contributed by atoms with van der Waals surface area (Å²) in [7, 11) is 0. The monoisotopic (exact) mass is 129 g/mol. The van der Waals surface area contributed by atoms with E-state index in [-0.39, 0.29) is 6.04 Å². The zero-order chi connectivity index (χ0) is 6.69. The fraction of sp³-hybridized carbons (Fsp3) is 1.00. The molecule has 0 amide bonds. The average Bonchev–Trinajstić information content (AvgIpc) is 2.37. The first-order valence-corrected chi connectivity index (χ1v) is 3.71. The summed E-state index contributed by atoms with van der Waals surface area (Å²) in [5, 5.41) is 0. The molecule has 1 rings (SSSR count). The molecule has 1 aliphatic heterocycles. The van der Waals surface area contributed by atoms with Gasteiger partial charge in [-0.05, 0) is 19.3 Å². The molecule has 0 spiro atoms. The van der Waals surface area contributed by atoms with Crippen LogP contribution in [0.1, 0.15) is 26.2 Å². The van der Waals surface area contributed by atoms with Gasteiger partial charge >= 0.3 is 0 Å². The molecule has 0 saturated carbocycles. The van der Waals surface area contributed by atoms with Crippen molar-refractivity contribution in [2.24, 2.45) is 5.73 Å². The van der Waals surface area contributed by atoms with Gasteiger partial charge < -0.3 is 10.5 Å². The van der Waals surface area contributed by atoms with Crippen molar-refractivity contribution in [2.45, 2.75) is 38.3 Å². The third kappa shape index (κ3) is 1.66. The Morgan fingerprint density at radius 1 is 1.78 bits per heavy atom. The van der Waals surface area contributed by atoms with Gasteiger partial charge in [-0.1, -0.05) is 6.92 Å². The van der Waals surface area contributed by atoms with Crippen LogP contribution in [0.3, 0.4) is 0 Å². The highest BCUT2D eigenvalue weighted by Gasteiger charge is 2.20. The second-order valence-corrected chi connectivity index (χ2v) is 2.62. The highest BCUT2D eigenvalue weighted by Crippen LogP contribution is 2.15. The van der Waals surface area contributed by atoms with Crippen molar-refractivity contribution >= 4 is 0 Å². The van der Waals surface area contributed by atoms with Gasteiger partial charge in [-0.25, -0.2) is 0 Å². The predicted molar refractivity (Wildman–Crippen MR) is 37.2 cm³/mol. The van der Waals surface area contributed by atoms with Gasteiger partial charge in [0.1, 0.15) is 0 Å². The lowest BCUT2D eigenvalue weighted by Crippen LogP contribution is -2.33. The molecule has 2 nitrogen and oxygen atoms in total. The maximum absolute atomic E-state index is 5.75. The van der Waals surface area contributed by atoms with Crippen molar-refractivity contribution in [3.63, 3.8) is 0 Å². The number of hydrogen-bond donors (Lipinski definition) is 1. The van der Waals surface area contributed by atoms with Crippen molar-refractivity contribution in [3.8, 4) is 0 Å². The molecule has 0 aromatic heterocycles. The summed E-state index contributed by atoms with van der Waals surface area (Å²) in [5.74, 6) is 0. The summed E-state index contributed by atoms with van der Waals surface area (Å²) in [4.78, 5) is 0. The van der Waals surface area contributed by atoms with E-state index in [4.69, 9.17) is 10.5 Å². The Bertz CT molecular complexity index is 79.0. The first kappa shape index (κ1) is 7.03. The molecule has 0 aliphatic carbocycles. The summed E-state index contributed by atoms with van der Waals surface area (Å²) in [5.41, 5.74) is 5.75. The van der Waals surface area contributed by atoms with E-state index in [1.165, 1.54) is 6.42 Å². The molecule has 1 saturated heterocycles. The fourth-order valence-electron chi connectivity index (χ4n) is 1.20. The Hall–Kier alpha value is -0.0800. The summed E-state index contributed by atoms with van der Waals surface area (Å²) in [6, 6.07) is 0.271. The molecule has 0 aromatic carbocycles. The van der Waals surface area contributed by atoms with Crippen molar-refractivity contribution in [3.05, 3.63) is 0 Å². The molecule has 2 heteroatoms. The van der Waals surface area contributed by atoms with Crippen molar-refractivity contribution in [1.29, 1.82) is 0 Å². The molecule has 54 valence electrons. The van der Waals surface area contributed by atoms with E-state index in [0.717, 1.165) is 19.4 Å². The third-order valence-electron chi connectivity index (χ3n) is 1.91. The Kier molecular flexibility index (Phi) is 2.49. The molecule has 9 heavy (non-hydrogen) atoms. The van der Waals surface area contributed by atoms with Crippen LogP contribution in [0.4, 0.5) is 0 Å². The van der Waals surface area contributed by atoms with E-state index >= 15 is 0 Å². The van der Waals surface area contributed by atoms with Gasteiger partial charge in [0.15, 0.2) is 0 Å². The molecule has 2 N–H and O–H groups in total. The summed E-state index contributed by atoms with van der Waals surface area (Å²) >= 11 is 0. The quantitative estimate of drug-likeness (QED) is 0.601. The minimum absolute atomic E-state index is 0.271. The molecule has 0 aromatic rings. The Balaban J connectivity index is 2.24. The zero-order valence-corrected chi connectivity index (χ0v) is 5.97. The minimum Gasteiger partial charge on any atom is -0.377 e. The van der Waals surface area contributed by atoms with Crippen molar-refractivity contribution < 1.29 is 4.74 Å². The maximum Gasteiger partial charge on any atom is 0.0726 e. The lowest BCUT2D eigenvalue weighted by Gasteiger charge is -2.15. The van der Waals surface area contributed by atoms with Crippen LogP contribution in [-0.4, -0.2) is 18.8 Å². The first-order chi connectivity index (χ1) is 4.34. The van der Waals surface area contributed by atoms with Gasteiger partial charge in [0.05, 0.1) is 6.10 Å². The summed E-state index contributed by atoms with van der Waals surface area (Å²) in [6.45, 7) is 3.02. The standard InChI is InChI=1S/C7H15NO/c1-2-6(8)7-4-3-5-9-7/h6-7H,2-5,8H2,1H3/t6-,7+/m0/s1. The molecule has 1 aliphatic rings. The second kappa shape index (κ2) is 3.18. The molecular weight excluding hydrogens is 114 g/mol. The van der Waals surface area contributed by atoms with Crippen LogP contribution >= 0.6 is 0 Å². The van der Waals surface area contributed by atoms with E-state index < -0.39 is 0 Å². The van der Waals surface area contributed by atoms with Crippen LogP contribution in [0.5, 0.6) is 0 Å². The highest BCUT2D eigenvalue weighted by atomic mass is 16.5. The third-order valence-corrected chi connectivity index (χ3v) is 1.91. The van der Waals surface area contributed by atoms with E-state index in [1.807, 2.05) is 0 Å². The van der Waals surface area contributed by atoms with Crippen LogP contribution < -0.4 is 5.73 Å². The smallest absolute Gasteiger partial charge is 0.0726 e. The molecule has 0 radical (unpaired) electrons. The van der Waals surface area contributed by atoms with E-state index in [0.29, 0.717) is 6.10 Å². The molecular formula is C7H15NO. The van der Waals surface area contributed by atoms with Crippen LogP contribution in [0.25, 0.3) is 0 Å². The van der Waals surface area contributed by atoms with Gasteiger partial charge in [0.2, 0.25) is 0 Å². The summed E-state index contributed by atoms with van der Waals surface area (Å²) < 4.78 is 5.38. The Labute approximate surface area is 56.4 Å². The van der Waals surface area contributed by atoms with Crippen molar-refractivity contribution in [1.82, 2.24) is 0 Å². The van der Waals surface area contributed by atoms with E-state index in [2.05, 4.69) is 6.92 Å². The molecule has 0 unspecified atom stereocenters. The Morgan fingerprint density at radius 2 is 2.56 bits per heavy atom. The number of nitrogens with two attached hydrogens (primary N) is 1. The van der Waals surface area contributed by atoms with Gasteiger partial charge in [-0.3, -0.25) is 0 Å². The van der Waals surface area contributed by atoms with Crippen LogP contribution in [0, 0.1) is 0 Å². The Morgan fingerprint density at radius 3 is 3.00 bits per heavy atom. The fourth-order valence-corrected chi connectivity index (χ4v) is 1.20. The lowest BCUT2D eigenvalue weighted by molar-refractivity contribution is 0.0889. The highest BCUT2D eigenvalue weighted by molar-refractivity contribution is 4.75. The lowest BCUT2D eigenvalue weighted by atomic mass is 10.1. The molecule has 1 fully saturated rings. The van der Waals surface area contributed by atoms with E-state index in [9.17, 15) is 0 Å². The predicted octanol–water partition coefficient (Wildman–Crippen LogP) is 0.903. The molecule has 2 atom stereocenters. The van der Waals surface area contributed by atoms with Gasteiger partial charge in [-0.2, -0.15) is 0 Å². The summed E-state index contributed by atoms with van der Waals surface area (Å²) in [6.07, 6.45) is 3.74. The normalized spacial score (nSPS) is 30.7. The largest absolute Gasteiger partial charge is 0.377 e. The van der Waals surface area contributed by atoms with Crippen molar-refractivity contribution in [2.75, 3.05) is 6.61 Å². The SMILES string of the molecule is CC[C@H](N)[C@H]1CCCO1. The van der Waals surface area contributed by atoms with Crippen LogP contribution in [0.2, 0.25) is 0 Å². The molecule has 0 bridgehead atoms. The number of hydrogen-bond acceptors (Lipinski definition) is 2. The minimum atomic E-state index is 0.271. The van der Waals surface area contributed by atoms with Gasteiger partial charge in [-0.15, -0.1) is 0 Å². The topological polar surface area (TPSA) is 35.2 Å². The average molecular weight is 129 g/mol. The zero-order valence-electron chi connectivity index (χ0n) is 5.97. The van der Waals surface area contributed by atoms with Crippen LogP contribution in [-0.2, 0) is 4.74 Å². The van der Waals surface area contributed by atoms with E-state index in [1.54, 1.807) is 0 Å². The van der Waals surface area contributed by atoms with Gasteiger partial charge in [0.25, 0.3) is 0 Å². The maximum atomic E-state index is 5.75. The molecule has 1 heterocycles. The number of rotatable bonds is 2.